The molecule has 0 spiro atoms. The maximum Gasteiger partial charge on any atom is 0.335 e. The number of carbonyl (C=O) groups excluding carboxylic acids is 1. The number of hydrogen-bond donors (Lipinski definition) is 1. The molecule has 1 aliphatic rings. The maximum absolute atomic E-state index is 13.2. The van der Waals surface area contributed by atoms with E-state index >= 15 is 0 Å². The number of aromatic nitrogens is 1. The molecule has 2 aromatic carbocycles. The number of carbonyl (C=O) groups is 2. The molecule has 0 saturated heterocycles. The van der Waals surface area contributed by atoms with Gasteiger partial charge in [0.1, 0.15) is 0 Å². The van der Waals surface area contributed by atoms with Gasteiger partial charge in [0.25, 0.3) is 5.91 Å². The van der Waals surface area contributed by atoms with Crippen LogP contribution >= 0.6 is 0 Å². The second-order valence-electron chi connectivity index (χ2n) is 6.20. The first kappa shape index (κ1) is 15.4. The van der Waals surface area contributed by atoms with Crippen LogP contribution < -0.4 is 4.90 Å². The minimum Gasteiger partial charge on any atom is -0.478 e. The predicted octanol–water partition coefficient (Wildman–Crippen LogP) is 3.56. The molecular formula is C20H18N2O3. The van der Waals surface area contributed by atoms with Gasteiger partial charge in [0.05, 0.1) is 11.1 Å². The number of para-hydroxylation sites is 1. The first-order valence-corrected chi connectivity index (χ1v) is 8.36. The number of rotatable bonds is 3. The molecule has 1 amide bonds. The molecule has 0 fully saturated rings. The molecular weight excluding hydrogens is 316 g/mol. The summed E-state index contributed by atoms with van der Waals surface area (Å²) in [6, 6.07) is 12.9. The Hall–Kier alpha value is -3.08. The molecule has 0 atom stereocenters. The van der Waals surface area contributed by atoms with Crippen LogP contribution in [0.25, 0.3) is 10.9 Å². The van der Waals surface area contributed by atoms with Crippen molar-refractivity contribution in [1.29, 1.82) is 0 Å². The Morgan fingerprint density at radius 3 is 2.72 bits per heavy atom. The predicted molar refractivity (Wildman–Crippen MR) is 96.4 cm³/mol. The number of carboxylic acids is 1. The van der Waals surface area contributed by atoms with Crippen LogP contribution in [0.3, 0.4) is 0 Å². The highest BCUT2D eigenvalue weighted by Crippen LogP contribution is 2.32. The Balaban J connectivity index is 1.76. The Kier molecular flexibility index (Phi) is 3.57. The van der Waals surface area contributed by atoms with Gasteiger partial charge in [0.15, 0.2) is 0 Å². The Morgan fingerprint density at radius 2 is 1.96 bits per heavy atom. The van der Waals surface area contributed by atoms with Crippen LogP contribution in [0.5, 0.6) is 0 Å². The fourth-order valence-corrected chi connectivity index (χ4v) is 3.57. The number of aryl methyl sites for hydroxylation is 1. The molecule has 0 radical (unpaired) electrons. The van der Waals surface area contributed by atoms with E-state index in [0.29, 0.717) is 18.5 Å². The summed E-state index contributed by atoms with van der Waals surface area (Å²) in [5.41, 5.74) is 3.72. The summed E-state index contributed by atoms with van der Waals surface area (Å²) in [5, 5.41) is 10.1. The summed E-state index contributed by atoms with van der Waals surface area (Å²) in [6.07, 6.45) is 2.59. The minimum atomic E-state index is -0.946. The largest absolute Gasteiger partial charge is 0.478 e. The molecule has 1 aromatic heterocycles. The molecule has 0 unspecified atom stereocenters. The fraction of sp³-hybridized carbons (Fsp3) is 0.200. The molecule has 3 aromatic rings. The highest BCUT2D eigenvalue weighted by molar-refractivity contribution is 6.15. The van der Waals surface area contributed by atoms with Crippen LogP contribution in [-0.4, -0.2) is 28.1 Å². The zero-order chi connectivity index (χ0) is 17.6. The quantitative estimate of drug-likeness (QED) is 0.796. The summed E-state index contributed by atoms with van der Waals surface area (Å²) in [7, 11) is 0. The lowest BCUT2D eigenvalue weighted by Crippen LogP contribution is -2.28. The molecule has 5 heteroatoms. The molecule has 1 N–H and O–H groups in total. The van der Waals surface area contributed by atoms with Gasteiger partial charge >= 0.3 is 5.97 Å². The third-order valence-electron chi connectivity index (χ3n) is 4.83. The Morgan fingerprint density at radius 1 is 1.16 bits per heavy atom. The van der Waals surface area contributed by atoms with E-state index in [1.807, 2.05) is 30.5 Å². The van der Waals surface area contributed by atoms with E-state index in [1.54, 1.807) is 23.1 Å². The lowest BCUT2D eigenvalue weighted by atomic mass is 10.1. The van der Waals surface area contributed by atoms with Crippen LogP contribution in [-0.2, 0) is 13.0 Å². The molecule has 0 saturated carbocycles. The molecule has 4 rings (SSSR count). The number of hydrogen-bond acceptors (Lipinski definition) is 2. The van der Waals surface area contributed by atoms with Crippen LogP contribution in [0.1, 0.15) is 33.2 Å². The molecule has 0 bridgehead atoms. The van der Waals surface area contributed by atoms with Crippen molar-refractivity contribution in [3.8, 4) is 0 Å². The van der Waals surface area contributed by atoms with Crippen molar-refractivity contribution in [1.82, 2.24) is 4.57 Å². The number of carboxylic acid groups (broad SMARTS) is 1. The standard InChI is InChI=1S/C20H18N2O3/c1-2-21-12-16(15-5-3-4-6-18(15)21)19(23)22-10-9-13-11-14(20(24)25)7-8-17(13)22/h3-8,11-12H,2,9-10H2,1H3,(H,24,25). The maximum atomic E-state index is 13.2. The van der Waals surface area contributed by atoms with E-state index in [2.05, 4.69) is 11.5 Å². The van der Waals surface area contributed by atoms with E-state index in [0.717, 1.165) is 28.7 Å². The van der Waals surface area contributed by atoms with Gasteiger partial charge in [-0.25, -0.2) is 4.79 Å². The van der Waals surface area contributed by atoms with Crippen LogP contribution in [0.2, 0.25) is 0 Å². The topological polar surface area (TPSA) is 62.5 Å². The van der Waals surface area contributed by atoms with Gasteiger partial charge in [-0.3, -0.25) is 4.79 Å². The highest BCUT2D eigenvalue weighted by atomic mass is 16.4. The molecule has 5 nitrogen and oxygen atoms in total. The number of benzene rings is 2. The average molecular weight is 334 g/mol. The monoisotopic (exact) mass is 334 g/mol. The van der Waals surface area contributed by atoms with Crippen molar-refractivity contribution in [3.63, 3.8) is 0 Å². The fourth-order valence-electron chi connectivity index (χ4n) is 3.57. The van der Waals surface area contributed by atoms with Gasteiger partial charge in [0.2, 0.25) is 0 Å². The Labute approximate surface area is 145 Å². The second-order valence-corrected chi connectivity index (χ2v) is 6.20. The third kappa shape index (κ3) is 2.39. The number of aromatic carboxylic acids is 1. The molecule has 126 valence electrons. The van der Waals surface area contributed by atoms with Gasteiger partial charge in [-0.2, -0.15) is 0 Å². The summed E-state index contributed by atoms with van der Waals surface area (Å²) in [6.45, 7) is 3.43. The van der Waals surface area contributed by atoms with E-state index in [9.17, 15) is 9.59 Å². The van der Waals surface area contributed by atoms with E-state index < -0.39 is 5.97 Å². The van der Waals surface area contributed by atoms with Crippen molar-refractivity contribution in [3.05, 3.63) is 65.4 Å². The number of amides is 1. The summed E-state index contributed by atoms with van der Waals surface area (Å²) < 4.78 is 2.08. The highest BCUT2D eigenvalue weighted by Gasteiger charge is 2.28. The minimum absolute atomic E-state index is 0.0368. The van der Waals surface area contributed by atoms with Crippen molar-refractivity contribution in [2.45, 2.75) is 19.9 Å². The van der Waals surface area contributed by atoms with Crippen molar-refractivity contribution >= 4 is 28.5 Å². The smallest absolute Gasteiger partial charge is 0.335 e. The normalized spacial score (nSPS) is 13.2. The third-order valence-corrected chi connectivity index (χ3v) is 4.83. The van der Waals surface area contributed by atoms with Gasteiger partial charge in [-0.1, -0.05) is 18.2 Å². The van der Waals surface area contributed by atoms with Gasteiger partial charge in [-0.15, -0.1) is 0 Å². The number of fused-ring (bicyclic) bond motifs is 2. The molecule has 25 heavy (non-hydrogen) atoms. The zero-order valence-corrected chi connectivity index (χ0v) is 13.9. The lowest BCUT2D eigenvalue weighted by Gasteiger charge is -2.17. The van der Waals surface area contributed by atoms with Crippen LogP contribution in [0.4, 0.5) is 5.69 Å². The molecule has 2 heterocycles. The van der Waals surface area contributed by atoms with Crippen LogP contribution in [0.15, 0.2) is 48.7 Å². The van der Waals surface area contributed by atoms with Gasteiger partial charge in [0, 0.05) is 35.9 Å². The first-order chi connectivity index (χ1) is 12.1. The summed E-state index contributed by atoms with van der Waals surface area (Å²) in [4.78, 5) is 26.1. The van der Waals surface area contributed by atoms with Crippen molar-refractivity contribution in [2.24, 2.45) is 0 Å². The summed E-state index contributed by atoms with van der Waals surface area (Å²) in [5.74, 6) is -0.983. The number of anilines is 1. The SMILES string of the molecule is CCn1cc(C(=O)N2CCc3cc(C(=O)O)ccc32)c2ccccc21. The second kappa shape index (κ2) is 5.77. The zero-order valence-electron chi connectivity index (χ0n) is 13.9. The van der Waals surface area contributed by atoms with Crippen LogP contribution in [0, 0.1) is 0 Å². The van der Waals surface area contributed by atoms with E-state index in [4.69, 9.17) is 5.11 Å². The van der Waals surface area contributed by atoms with E-state index in [1.165, 1.54) is 0 Å². The number of nitrogens with zero attached hydrogens (tertiary/aromatic N) is 2. The lowest BCUT2D eigenvalue weighted by molar-refractivity contribution is 0.0696. The van der Waals surface area contributed by atoms with E-state index in [-0.39, 0.29) is 11.5 Å². The Bertz CT molecular complexity index is 1000. The molecule has 0 aliphatic carbocycles. The van der Waals surface area contributed by atoms with Gasteiger partial charge < -0.3 is 14.6 Å². The molecule has 1 aliphatic heterocycles. The van der Waals surface area contributed by atoms with Crippen molar-refractivity contribution < 1.29 is 14.7 Å². The van der Waals surface area contributed by atoms with Crippen molar-refractivity contribution in [2.75, 3.05) is 11.4 Å². The average Bonchev–Trinajstić information content (AvgIpc) is 3.22. The summed E-state index contributed by atoms with van der Waals surface area (Å²) >= 11 is 0. The first-order valence-electron chi connectivity index (χ1n) is 8.36. The van der Waals surface area contributed by atoms with Gasteiger partial charge in [-0.05, 0) is 43.2 Å².